The van der Waals surface area contributed by atoms with E-state index < -0.39 is 34.2 Å². The highest BCUT2D eigenvalue weighted by Crippen LogP contribution is 2.33. The quantitative estimate of drug-likeness (QED) is 0.546. The second-order valence-corrected chi connectivity index (χ2v) is 4.59. The van der Waals surface area contributed by atoms with Crippen molar-refractivity contribution in [1.29, 1.82) is 0 Å². The zero-order chi connectivity index (χ0) is 14.2. The van der Waals surface area contributed by atoms with Crippen LogP contribution in [-0.4, -0.2) is 0 Å². The largest absolute Gasteiger partial charge is 0.207 e. The van der Waals surface area contributed by atoms with Gasteiger partial charge in [-0.25, -0.2) is 17.6 Å². The molecule has 0 heterocycles. The zero-order valence-corrected chi connectivity index (χ0v) is 10.6. The van der Waals surface area contributed by atoms with E-state index in [-0.39, 0.29) is 5.56 Å². The minimum atomic E-state index is -1.23. The summed E-state index contributed by atoms with van der Waals surface area (Å²) in [4.78, 5) is 0. The lowest BCUT2D eigenvalue weighted by Gasteiger charge is -2.13. The molecule has 2 aromatic carbocycles. The molecule has 0 fully saturated rings. The lowest BCUT2D eigenvalue weighted by molar-refractivity contribution is 0.525. The summed E-state index contributed by atoms with van der Waals surface area (Å²) >= 11 is 5.95. The van der Waals surface area contributed by atoms with Crippen molar-refractivity contribution in [3.05, 3.63) is 70.3 Å². The molecule has 0 aromatic heterocycles. The number of aryl methyl sites for hydroxylation is 1. The second kappa shape index (κ2) is 5.21. The van der Waals surface area contributed by atoms with Crippen LogP contribution in [0.4, 0.5) is 17.6 Å². The lowest BCUT2D eigenvalue weighted by Crippen LogP contribution is -2.03. The van der Waals surface area contributed by atoms with Gasteiger partial charge in [0.1, 0.15) is 23.3 Å². The van der Waals surface area contributed by atoms with Gasteiger partial charge in [0.25, 0.3) is 0 Å². The van der Waals surface area contributed by atoms with Gasteiger partial charge in [0.2, 0.25) is 0 Å². The predicted octanol–water partition coefficient (Wildman–Crippen LogP) is 4.88. The molecule has 0 saturated heterocycles. The molecule has 0 nitrogen and oxygen atoms in total. The van der Waals surface area contributed by atoms with Crippen LogP contribution in [0.15, 0.2) is 30.3 Å². The van der Waals surface area contributed by atoms with Gasteiger partial charge in [0.05, 0.1) is 5.38 Å². The molecule has 5 heteroatoms. The fourth-order valence-electron chi connectivity index (χ4n) is 1.73. The smallest absolute Gasteiger partial charge is 0.134 e. The van der Waals surface area contributed by atoms with E-state index in [1.165, 1.54) is 12.1 Å². The van der Waals surface area contributed by atoms with Crippen molar-refractivity contribution in [2.24, 2.45) is 0 Å². The monoisotopic (exact) mass is 288 g/mol. The van der Waals surface area contributed by atoms with Crippen LogP contribution < -0.4 is 0 Å². The van der Waals surface area contributed by atoms with Gasteiger partial charge in [0.15, 0.2) is 0 Å². The Balaban J connectivity index is 2.49. The van der Waals surface area contributed by atoms with E-state index in [1.807, 2.05) is 0 Å². The number of hydrogen-bond donors (Lipinski definition) is 0. The Morgan fingerprint density at radius 3 is 2.00 bits per heavy atom. The van der Waals surface area contributed by atoms with Crippen LogP contribution in [0.5, 0.6) is 0 Å². The van der Waals surface area contributed by atoms with Crippen molar-refractivity contribution < 1.29 is 17.6 Å². The first kappa shape index (κ1) is 13.9. The van der Waals surface area contributed by atoms with Crippen molar-refractivity contribution in [3.63, 3.8) is 0 Å². The maximum Gasteiger partial charge on any atom is 0.134 e. The summed E-state index contributed by atoms with van der Waals surface area (Å²) < 4.78 is 53.4. The number of halogens is 5. The van der Waals surface area contributed by atoms with Crippen LogP contribution in [0, 0.1) is 30.2 Å². The SMILES string of the molecule is Cc1ccc(C(Cl)c2c(F)cc(F)cc2F)cc1F. The maximum atomic E-state index is 13.6. The summed E-state index contributed by atoms with van der Waals surface area (Å²) in [6, 6.07) is 5.11. The number of hydrogen-bond acceptors (Lipinski definition) is 0. The van der Waals surface area contributed by atoms with Gasteiger partial charge >= 0.3 is 0 Å². The van der Waals surface area contributed by atoms with Crippen molar-refractivity contribution in [1.82, 2.24) is 0 Å². The van der Waals surface area contributed by atoms with Gasteiger partial charge in [-0.2, -0.15) is 0 Å². The van der Waals surface area contributed by atoms with E-state index in [4.69, 9.17) is 11.6 Å². The molecule has 0 saturated carbocycles. The van der Waals surface area contributed by atoms with E-state index >= 15 is 0 Å². The van der Waals surface area contributed by atoms with Gasteiger partial charge in [-0.05, 0) is 24.1 Å². The summed E-state index contributed by atoms with van der Waals surface area (Å²) in [5.41, 5.74) is 0.105. The molecule has 2 rings (SSSR count). The van der Waals surface area contributed by atoms with E-state index in [0.717, 1.165) is 6.07 Å². The highest BCUT2D eigenvalue weighted by atomic mass is 35.5. The minimum absolute atomic E-state index is 0.203. The van der Waals surface area contributed by atoms with Crippen LogP contribution in [0.1, 0.15) is 22.1 Å². The molecule has 0 aliphatic rings. The van der Waals surface area contributed by atoms with Gasteiger partial charge < -0.3 is 0 Å². The van der Waals surface area contributed by atoms with Crippen molar-refractivity contribution in [2.75, 3.05) is 0 Å². The van der Waals surface area contributed by atoms with Crippen LogP contribution >= 0.6 is 11.6 Å². The van der Waals surface area contributed by atoms with Gasteiger partial charge in [0, 0.05) is 17.7 Å². The van der Waals surface area contributed by atoms with E-state index in [2.05, 4.69) is 0 Å². The van der Waals surface area contributed by atoms with Gasteiger partial charge in [-0.15, -0.1) is 11.6 Å². The Morgan fingerprint density at radius 2 is 1.47 bits per heavy atom. The van der Waals surface area contributed by atoms with E-state index in [0.29, 0.717) is 17.7 Å². The van der Waals surface area contributed by atoms with Crippen LogP contribution in [-0.2, 0) is 0 Å². The maximum absolute atomic E-state index is 13.6. The molecule has 0 bridgehead atoms. The summed E-state index contributed by atoms with van der Waals surface area (Å²) in [5.74, 6) is -3.75. The minimum Gasteiger partial charge on any atom is -0.207 e. The van der Waals surface area contributed by atoms with Gasteiger partial charge in [-0.3, -0.25) is 0 Å². The van der Waals surface area contributed by atoms with E-state index in [1.54, 1.807) is 6.92 Å². The Hall–Kier alpha value is -1.55. The molecule has 100 valence electrons. The molecular formula is C14H9ClF4. The first-order valence-electron chi connectivity index (χ1n) is 5.44. The Morgan fingerprint density at radius 1 is 0.895 bits per heavy atom. The number of rotatable bonds is 2. The van der Waals surface area contributed by atoms with E-state index in [9.17, 15) is 17.6 Å². The average molecular weight is 289 g/mol. The highest BCUT2D eigenvalue weighted by Gasteiger charge is 2.21. The molecule has 0 aliphatic heterocycles. The summed E-state index contributed by atoms with van der Waals surface area (Å²) in [5, 5.41) is -1.23. The molecule has 0 radical (unpaired) electrons. The molecule has 2 aromatic rings. The first-order chi connectivity index (χ1) is 8.90. The molecule has 0 spiro atoms. The molecule has 1 unspecified atom stereocenters. The molecule has 19 heavy (non-hydrogen) atoms. The predicted molar refractivity (Wildman–Crippen MR) is 65.1 cm³/mol. The fourth-order valence-corrected chi connectivity index (χ4v) is 2.07. The third-order valence-electron chi connectivity index (χ3n) is 2.79. The number of benzene rings is 2. The third kappa shape index (κ3) is 2.73. The first-order valence-corrected chi connectivity index (χ1v) is 5.88. The Labute approximate surface area is 112 Å². The summed E-state index contributed by atoms with van der Waals surface area (Å²) in [6.45, 7) is 1.56. The van der Waals surface area contributed by atoms with Crippen molar-refractivity contribution in [3.8, 4) is 0 Å². The molecule has 1 atom stereocenters. The Kier molecular flexibility index (Phi) is 3.80. The molecule has 0 aliphatic carbocycles. The standard InChI is InChI=1S/C14H9ClF4/c1-7-2-3-8(4-10(7)17)14(15)13-11(18)5-9(16)6-12(13)19/h2-6,14H,1H3. The Bertz CT molecular complexity index is 602. The summed E-state index contributed by atoms with van der Waals surface area (Å²) in [7, 11) is 0. The normalized spacial score (nSPS) is 12.5. The molecular weight excluding hydrogens is 280 g/mol. The van der Waals surface area contributed by atoms with Crippen molar-refractivity contribution in [2.45, 2.75) is 12.3 Å². The topological polar surface area (TPSA) is 0 Å². The van der Waals surface area contributed by atoms with Gasteiger partial charge in [-0.1, -0.05) is 12.1 Å². The van der Waals surface area contributed by atoms with Crippen LogP contribution in [0.3, 0.4) is 0 Å². The number of alkyl halides is 1. The lowest BCUT2D eigenvalue weighted by atomic mass is 10.0. The summed E-state index contributed by atoms with van der Waals surface area (Å²) in [6.07, 6.45) is 0. The van der Waals surface area contributed by atoms with Crippen molar-refractivity contribution >= 4 is 11.6 Å². The third-order valence-corrected chi connectivity index (χ3v) is 3.26. The molecule has 0 amide bonds. The van der Waals surface area contributed by atoms with Crippen LogP contribution in [0.25, 0.3) is 0 Å². The average Bonchev–Trinajstić information content (AvgIpc) is 2.31. The zero-order valence-electron chi connectivity index (χ0n) is 9.85. The molecule has 0 N–H and O–H groups in total. The highest BCUT2D eigenvalue weighted by molar-refractivity contribution is 6.22. The van der Waals surface area contributed by atoms with Crippen LogP contribution in [0.2, 0.25) is 0 Å². The fraction of sp³-hybridized carbons (Fsp3) is 0.143. The second-order valence-electron chi connectivity index (χ2n) is 4.15.